The smallest absolute Gasteiger partial charge is 0.0136 e. The molecule has 4 unspecified atom stereocenters. The molecule has 0 bridgehead atoms. The van der Waals surface area contributed by atoms with Gasteiger partial charge in [0.2, 0.25) is 0 Å². The summed E-state index contributed by atoms with van der Waals surface area (Å²) in [6, 6.07) is 0. The Labute approximate surface area is 88.1 Å². The Morgan fingerprint density at radius 1 is 1.14 bits per heavy atom. The maximum absolute atomic E-state index is 2.45. The molecule has 0 spiro atoms. The van der Waals surface area contributed by atoms with Gasteiger partial charge >= 0.3 is 0 Å². The van der Waals surface area contributed by atoms with Crippen molar-refractivity contribution in [1.82, 2.24) is 0 Å². The van der Waals surface area contributed by atoms with E-state index in [2.05, 4.69) is 45.1 Å². The first-order chi connectivity index (χ1) is 6.68. The van der Waals surface area contributed by atoms with Crippen molar-refractivity contribution in [3.8, 4) is 0 Å². The van der Waals surface area contributed by atoms with Crippen LogP contribution in [0.3, 0.4) is 0 Å². The molecule has 0 aliphatic heterocycles. The predicted molar refractivity (Wildman–Crippen MR) is 62.0 cm³/mol. The zero-order valence-electron chi connectivity index (χ0n) is 9.61. The van der Waals surface area contributed by atoms with E-state index in [0.29, 0.717) is 0 Å². The third-order valence-electron chi connectivity index (χ3n) is 3.87. The fourth-order valence-electron chi connectivity index (χ4n) is 3.33. The molecule has 14 heavy (non-hydrogen) atoms. The molecule has 0 saturated heterocycles. The molecule has 1 saturated carbocycles. The maximum Gasteiger partial charge on any atom is -0.0136 e. The topological polar surface area (TPSA) is 0 Å². The summed E-state index contributed by atoms with van der Waals surface area (Å²) < 4.78 is 0. The average Bonchev–Trinajstić information content (AvgIpc) is 2.44. The van der Waals surface area contributed by atoms with E-state index in [4.69, 9.17) is 0 Å². The fraction of sp³-hybridized carbons (Fsp3) is 0.714. The van der Waals surface area contributed by atoms with E-state index in [-0.39, 0.29) is 0 Å². The van der Waals surface area contributed by atoms with E-state index < -0.39 is 0 Å². The first-order valence-corrected chi connectivity index (χ1v) is 6.03. The SMILES string of the molecule is CC(C)CC1CC(C)C2C=CC=CC12. The van der Waals surface area contributed by atoms with Crippen molar-refractivity contribution in [3.63, 3.8) is 0 Å². The van der Waals surface area contributed by atoms with Gasteiger partial charge in [0.05, 0.1) is 0 Å². The van der Waals surface area contributed by atoms with Crippen molar-refractivity contribution in [2.24, 2.45) is 29.6 Å². The molecular weight excluding hydrogens is 168 g/mol. The summed E-state index contributed by atoms with van der Waals surface area (Å²) >= 11 is 0. The van der Waals surface area contributed by atoms with Crippen LogP contribution < -0.4 is 0 Å². The molecule has 0 radical (unpaired) electrons. The van der Waals surface area contributed by atoms with Gasteiger partial charge in [0.1, 0.15) is 0 Å². The Morgan fingerprint density at radius 3 is 2.43 bits per heavy atom. The first-order valence-electron chi connectivity index (χ1n) is 6.03. The molecule has 0 nitrogen and oxygen atoms in total. The lowest BCUT2D eigenvalue weighted by atomic mass is 9.81. The highest BCUT2D eigenvalue weighted by Gasteiger charge is 2.38. The van der Waals surface area contributed by atoms with Crippen molar-refractivity contribution in [1.29, 1.82) is 0 Å². The second kappa shape index (κ2) is 3.92. The van der Waals surface area contributed by atoms with Crippen LogP contribution in [0.5, 0.6) is 0 Å². The largest absolute Gasteiger partial charge is 0.0806 e. The molecule has 0 aromatic rings. The van der Waals surface area contributed by atoms with Crippen LogP contribution in [0, 0.1) is 29.6 Å². The van der Waals surface area contributed by atoms with E-state index in [1.54, 1.807) is 0 Å². The summed E-state index contributed by atoms with van der Waals surface area (Å²) in [6.45, 7) is 7.11. The molecule has 0 aromatic heterocycles. The second-order valence-electron chi connectivity index (χ2n) is 5.53. The third kappa shape index (κ3) is 1.80. The summed E-state index contributed by atoms with van der Waals surface area (Å²) in [5.74, 6) is 4.37. The van der Waals surface area contributed by atoms with Gasteiger partial charge in [-0.05, 0) is 42.4 Å². The molecule has 0 heteroatoms. The quantitative estimate of drug-likeness (QED) is 0.616. The van der Waals surface area contributed by atoms with E-state index in [9.17, 15) is 0 Å². The molecule has 2 aliphatic carbocycles. The molecular formula is C14H22. The number of hydrogen-bond acceptors (Lipinski definition) is 0. The molecule has 2 rings (SSSR count). The van der Waals surface area contributed by atoms with Crippen LogP contribution in [-0.4, -0.2) is 0 Å². The van der Waals surface area contributed by atoms with Crippen LogP contribution in [-0.2, 0) is 0 Å². The zero-order valence-corrected chi connectivity index (χ0v) is 9.61. The van der Waals surface area contributed by atoms with Gasteiger partial charge in [0.25, 0.3) is 0 Å². The van der Waals surface area contributed by atoms with Crippen molar-refractivity contribution in [2.75, 3.05) is 0 Å². The van der Waals surface area contributed by atoms with E-state index >= 15 is 0 Å². The van der Waals surface area contributed by atoms with Crippen molar-refractivity contribution < 1.29 is 0 Å². The Balaban J connectivity index is 2.08. The lowest BCUT2D eigenvalue weighted by Gasteiger charge is -2.23. The highest BCUT2D eigenvalue weighted by atomic mass is 14.4. The van der Waals surface area contributed by atoms with Crippen molar-refractivity contribution >= 4 is 0 Å². The number of fused-ring (bicyclic) bond motifs is 1. The van der Waals surface area contributed by atoms with Crippen LogP contribution >= 0.6 is 0 Å². The van der Waals surface area contributed by atoms with Crippen molar-refractivity contribution in [3.05, 3.63) is 24.3 Å². The Morgan fingerprint density at radius 2 is 1.79 bits per heavy atom. The van der Waals surface area contributed by atoms with Crippen LogP contribution in [0.15, 0.2) is 24.3 Å². The Hall–Kier alpha value is -0.520. The summed E-state index contributed by atoms with van der Waals surface area (Å²) in [7, 11) is 0. The normalized spacial score (nSPS) is 40.6. The number of allylic oxidation sites excluding steroid dienone is 4. The van der Waals surface area contributed by atoms with Gasteiger partial charge in [-0.3, -0.25) is 0 Å². The molecule has 0 N–H and O–H groups in total. The molecule has 2 aliphatic rings. The van der Waals surface area contributed by atoms with Gasteiger partial charge in [-0.1, -0.05) is 45.1 Å². The first kappa shape index (κ1) is 10.0. The van der Waals surface area contributed by atoms with Crippen LogP contribution in [0.4, 0.5) is 0 Å². The molecule has 0 aromatic carbocycles. The molecule has 4 atom stereocenters. The van der Waals surface area contributed by atoms with Gasteiger partial charge < -0.3 is 0 Å². The van der Waals surface area contributed by atoms with E-state index in [0.717, 1.165) is 29.6 Å². The Kier molecular flexibility index (Phi) is 2.80. The predicted octanol–water partition coefficient (Wildman–Crippen LogP) is 4.05. The summed E-state index contributed by atoms with van der Waals surface area (Å²) in [5.41, 5.74) is 0. The fourth-order valence-corrected chi connectivity index (χ4v) is 3.33. The zero-order chi connectivity index (χ0) is 10.1. The van der Waals surface area contributed by atoms with Gasteiger partial charge in [-0.2, -0.15) is 0 Å². The molecule has 0 amide bonds. The van der Waals surface area contributed by atoms with Crippen molar-refractivity contribution in [2.45, 2.75) is 33.6 Å². The van der Waals surface area contributed by atoms with Crippen LogP contribution in [0.2, 0.25) is 0 Å². The Bertz CT molecular complexity index is 247. The maximum atomic E-state index is 2.45. The van der Waals surface area contributed by atoms with Crippen LogP contribution in [0.25, 0.3) is 0 Å². The summed E-state index contributed by atoms with van der Waals surface area (Å²) in [5, 5.41) is 0. The number of hydrogen-bond donors (Lipinski definition) is 0. The summed E-state index contributed by atoms with van der Waals surface area (Å²) in [6.07, 6.45) is 12.2. The van der Waals surface area contributed by atoms with Gasteiger partial charge in [-0.15, -0.1) is 0 Å². The average molecular weight is 190 g/mol. The highest BCUT2D eigenvalue weighted by Crippen LogP contribution is 2.46. The highest BCUT2D eigenvalue weighted by molar-refractivity contribution is 5.18. The van der Waals surface area contributed by atoms with E-state index in [1.165, 1.54) is 12.8 Å². The minimum atomic E-state index is 0.837. The van der Waals surface area contributed by atoms with E-state index in [1.807, 2.05) is 0 Å². The second-order valence-corrected chi connectivity index (χ2v) is 5.53. The lowest BCUT2D eigenvalue weighted by molar-refractivity contribution is 0.347. The van der Waals surface area contributed by atoms with Gasteiger partial charge in [-0.25, -0.2) is 0 Å². The third-order valence-corrected chi connectivity index (χ3v) is 3.87. The monoisotopic (exact) mass is 190 g/mol. The molecule has 1 fully saturated rings. The number of rotatable bonds is 2. The molecule has 78 valence electrons. The molecule has 0 heterocycles. The van der Waals surface area contributed by atoms with Gasteiger partial charge in [0.15, 0.2) is 0 Å². The minimum Gasteiger partial charge on any atom is -0.0806 e. The minimum absolute atomic E-state index is 0.837. The van der Waals surface area contributed by atoms with Gasteiger partial charge in [0, 0.05) is 0 Å². The summed E-state index contributed by atoms with van der Waals surface area (Å²) in [4.78, 5) is 0. The standard InChI is InChI=1S/C14H22/c1-10(2)8-12-9-11(3)13-6-4-5-7-14(12)13/h4-7,10-14H,8-9H2,1-3H3. The van der Waals surface area contributed by atoms with Crippen LogP contribution in [0.1, 0.15) is 33.6 Å². The lowest BCUT2D eigenvalue weighted by Crippen LogP contribution is -2.15.